The average Bonchev–Trinajstić information content (AvgIpc) is 3.29. The first-order valence-corrected chi connectivity index (χ1v) is 14.3. The van der Waals surface area contributed by atoms with Gasteiger partial charge in [0.15, 0.2) is 0 Å². The van der Waals surface area contributed by atoms with E-state index >= 15 is 0 Å². The van der Waals surface area contributed by atoms with Gasteiger partial charge in [-0.3, -0.25) is 14.3 Å². The fourth-order valence-electron chi connectivity index (χ4n) is 4.70. The van der Waals surface area contributed by atoms with Crippen LogP contribution in [0.15, 0.2) is 93.6 Å². The molecule has 3 heterocycles. The Kier molecular flexibility index (Phi) is 7.64. The van der Waals surface area contributed by atoms with Crippen LogP contribution in [0.5, 0.6) is 0 Å². The number of aryl methyl sites for hydroxylation is 2. The molecular weight excluding hydrogens is 595 g/mol. The molecule has 0 spiro atoms. The fraction of sp³-hybridized carbons (Fsp3) is 0.172. The van der Waals surface area contributed by atoms with Gasteiger partial charge in [0.2, 0.25) is 0 Å². The van der Waals surface area contributed by atoms with Crippen molar-refractivity contribution in [2.24, 2.45) is 7.05 Å². The minimum Gasteiger partial charge on any atom is -0.316 e. The summed E-state index contributed by atoms with van der Waals surface area (Å²) in [7, 11) is -2.87. The van der Waals surface area contributed by atoms with E-state index in [1.165, 1.54) is 48.3 Å². The number of aromatic nitrogens is 3. The maximum absolute atomic E-state index is 13.7. The van der Waals surface area contributed by atoms with Crippen molar-refractivity contribution in [3.8, 4) is 22.3 Å². The highest BCUT2D eigenvalue weighted by Crippen LogP contribution is 2.37. The fourth-order valence-corrected chi connectivity index (χ4v) is 6.56. The number of alkyl halides is 3. The first-order valence-electron chi connectivity index (χ1n) is 12.5. The van der Waals surface area contributed by atoms with Gasteiger partial charge < -0.3 is 9.13 Å². The summed E-state index contributed by atoms with van der Waals surface area (Å²) in [6.45, 7) is 0.645. The van der Waals surface area contributed by atoms with E-state index in [0.29, 0.717) is 22.3 Å². The highest BCUT2D eigenvalue weighted by atomic mass is 35.5. The van der Waals surface area contributed by atoms with Crippen molar-refractivity contribution in [2.75, 3.05) is 6.61 Å². The molecule has 0 unspecified atom stereocenters. The SMILES string of the molecule is Cc1ccc(S(=O)(=O)n2c(Cl)cc3c(-c4cc(=O)n(CCOC(F)(F)F)cc4-c4ccccc4)cn(C)c(=O)c32)cc1. The molecule has 0 radical (unpaired) electrons. The van der Waals surface area contributed by atoms with Crippen molar-refractivity contribution in [1.29, 1.82) is 0 Å². The van der Waals surface area contributed by atoms with Crippen LogP contribution in [0.3, 0.4) is 0 Å². The Labute approximate surface area is 242 Å². The van der Waals surface area contributed by atoms with E-state index in [0.717, 1.165) is 14.1 Å². The minimum absolute atomic E-state index is 0.0754. The average molecular weight is 618 g/mol. The number of fused-ring (bicyclic) bond motifs is 1. The number of halogens is 4. The Morgan fingerprint density at radius 2 is 1.57 bits per heavy atom. The van der Waals surface area contributed by atoms with Crippen molar-refractivity contribution in [3.63, 3.8) is 0 Å². The predicted molar refractivity (Wildman–Crippen MR) is 153 cm³/mol. The van der Waals surface area contributed by atoms with E-state index in [-0.39, 0.29) is 27.5 Å². The molecule has 0 N–H and O–H groups in total. The number of pyridine rings is 2. The van der Waals surface area contributed by atoms with Gasteiger partial charge in [-0.2, -0.15) is 0 Å². The minimum atomic E-state index is -4.85. The third kappa shape index (κ3) is 5.52. The summed E-state index contributed by atoms with van der Waals surface area (Å²) in [5.74, 6) is 0. The third-order valence-corrected chi connectivity index (χ3v) is 8.82. The summed E-state index contributed by atoms with van der Waals surface area (Å²) >= 11 is 6.49. The van der Waals surface area contributed by atoms with Crippen LogP contribution in [0.2, 0.25) is 5.15 Å². The monoisotopic (exact) mass is 617 g/mol. The van der Waals surface area contributed by atoms with E-state index < -0.39 is 34.1 Å². The van der Waals surface area contributed by atoms with Crippen molar-refractivity contribution < 1.29 is 26.3 Å². The molecule has 0 amide bonds. The lowest BCUT2D eigenvalue weighted by Gasteiger charge is -2.16. The molecule has 5 rings (SSSR count). The Balaban J connectivity index is 1.77. The standard InChI is InChI=1S/C29H23ClF3N3O5S/c1-18-8-10-20(11-9-18)42(39,40)36-25(30)14-22-24(16-34(2)28(38)27(22)36)21-15-26(37)35(12-13-41-29(31,32)33)17-23(21)19-6-4-3-5-7-19/h3-11,14-17H,12-13H2,1-2H3. The quantitative estimate of drug-likeness (QED) is 0.238. The Morgan fingerprint density at radius 3 is 2.21 bits per heavy atom. The van der Waals surface area contributed by atoms with Crippen molar-refractivity contribution >= 4 is 32.5 Å². The first-order chi connectivity index (χ1) is 19.8. The van der Waals surface area contributed by atoms with Crippen molar-refractivity contribution in [3.05, 3.63) is 111 Å². The molecule has 0 aliphatic heterocycles. The van der Waals surface area contributed by atoms with Crippen LogP contribution in [0.4, 0.5) is 13.2 Å². The largest absolute Gasteiger partial charge is 0.522 e. The molecule has 13 heteroatoms. The molecule has 0 aliphatic carbocycles. The Bertz CT molecular complexity index is 2030. The molecule has 0 saturated heterocycles. The van der Waals surface area contributed by atoms with E-state index in [4.69, 9.17) is 11.6 Å². The zero-order valence-corrected chi connectivity index (χ0v) is 23.8. The number of benzene rings is 2. The smallest absolute Gasteiger partial charge is 0.316 e. The molecule has 0 atom stereocenters. The van der Waals surface area contributed by atoms with Gasteiger partial charge in [-0.1, -0.05) is 59.6 Å². The summed E-state index contributed by atoms with van der Waals surface area (Å²) in [5.41, 5.74) is 1.06. The van der Waals surface area contributed by atoms with Gasteiger partial charge in [0.25, 0.3) is 21.1 Å². The molecular formula is C29H23ClF3N3O5S. The van der Waals surface area contributed by atoms with Gasteiger partial charge in [0.1, 0.15) is 10.7 Å². The zero-order chi connectivity index (χ0) is 30.4. The van der Waals surface area contributed by atoms with Crippen LogP contribution in [0.1, 0.15) is 5.56 Å². The lowest BCUT2D eigenvalue weighted by Crippen LogP contribution is -2.25. The highest BCUT2D eigenvalue weighted by molar-refractivity contribution is 7.90. The van der Waals surface area contributed by atoms with Gasteiger partial charge in [-0.25, -0.2) is 12.4 Å². The van der Waals surface area contributed by atoms with E-state index in [1.807, 2.05) is 0 Å². The second-order valence-corrected chi connectivity index (χ2v) is 11.7. The molecule has 0 saturated carbocycles. The summed E-state index contributed by atoms with van der Waals surface area (Å²) in [6, 6.07) is 17.4. The summed E-state index contributed by atoms with van der Waals surface area (Å²) < 4.78 is 72.0. The van der Waals surface area contributed by atoms with Crippen LogP contribution in [0.25, 0.3) is 33.2 Å². The lowest BCUT2D eigenvalue weighted by atomic mass is 9.95. The normalized spacial score (nSPS) is 12.2. The number of nitrogens with zero attached hydrogens (tertiary/aromatic N) is 3. The topological polar surface area (TPSA) is 92.3 Å². The van der Waals surface area contributed by atoms with Crippen LogP contribution >= 0.6 is 11.6 Å². The molecule has 0 fully saturated rings. The van der Waals surface area contributed by atoms with E-state index in [2.05, 4.69) is 4.74 Å². The van der Waals surface area contributed by atoms with E-state index in [1.54, 1.807) is 49.4 Å². The van der Waals surface area contributed by atoms with Gasteiger partial charge in [0.05, 0.1) is 11.5 Å². The number of rotatable bonds is 7. The molecule has 42 heavy (non-hydrogen) atoms. The zero-order valence-electron chi connectivity index (χ0n) is 22.2. The summed E-state index contributed by atoms with van der Waals surface area (Å²) in [5, 5.41) is -0.0671. The molecule has 5 aromatic rings. The van der Waals surface area contributed by atoms with E-state index in [9.17, 15) is 31.2 Å². The summed E-state index contributed by atoms with van der Waals surface area (Å²) in [4.78, 5) is 26.4. The molecule has 0 aliphatic rings. The third-order valence-electron chi connectivity index (χ3n) is 6.71. The molecule has 2 aromatic carbocycles. The Hall–Kier alpha value is -4.13. The van der Waals surface area contributed by atoms with Gasteiger partial charge in [-0.15, -0.1) is 13.2 Å². The van der Waals surface area contributed by atoms with Gasteiger partial charge in [-0.05, 0) is 36.2 Å². The maximum Gasteiger partial charge on any atom is 0.522 e. The first kappa shape index (κ1) is 29.4. The van der Waals surface area contributed by atoms with Gasteiger partial charge in [0, 0.05) is 48.6 Å². The van der Waals surface area contributed by atoms with Crippen LogP contribution in [-0.4, -0.2) is 34.5 Å². The second-order valence-electron chi connectivity index (χ2n) is 9.56. The van der Waals surface area contributed by atoms with Crippen molar-refractivity contribution in [1.82, 2.24) is 13.1 Å². The van der Waals surface area contributed by atoms with Crippen LogP contribution in [0, 0.1) is 6.92 Å². The molecule has 8 nitrogen and oxygen atoms in total. The van der Waals surface area contributed by atoms with Crippen molar-refractivity contribution in [2.45, 2.75) is 24.7 Å². The predicted octanol–water partition coefficient (Wildman–Crippen LogP) is 5.57. The number of hydrogen-bond donors (Lipinski definition) is 0. The number of ether oxygens (including phenoxy) is 1. The van der Waals surface area contributed by atoms with Crippen LogP contribution in [-0.2, 0) is 28.4 Å². The lowest BCUT2D eigenvalue weighted by molar-refractivity contribution is -0.325. The highest BCUT2D eigenvalue weighted by Gasteiger charge is 2.29. The second kappa shape index (κ2) is 10.9. The molecule has 218 valence electrons. The maximum atomic E-state index is 13.7. The van der Waals surface area contributed by atoms with Gasteiger partial charge >= 0.3 is 6.36 Å². The molecule has 3 aromatic heterocycles. The summed E-state index contributed by atoms with van der Waals surface area (Å²) in [6.07, 6.45) is -1.98. The molecule has 0 bridgehead atoms. The Morgan fingerprint density at radius 1 is 0.905 bits per heavy atom. The number of hydrogen-bond acceptors (Lipinski definition) is 5. The van der Waals surface area contributed by atoms with Crippen LogP contribution < -0.4 is 11.1 Å².